The Hall–Kier alpha value is -2.31. The first-order valence-electron chi connectivity index (χ1n) is 10.3. The number of carbonyl (C=O) groups is 1. The maximum absolute atomic E-state index is 12.7. The van der Waals surface area contributed by atoms with Gasteiger partial charge in [0.25, 0.3) is 0 Å². The Morgan fingerprint density at radius 3 is 2.19 bits per heavy atom. The number of nitrogens with zero attached hydrogens (tertiary/aromatic N) is 4. The molecule has 3 rings (SSSR count). The maximum atomic E-state index is 12.7. The first-order valence-corrected chi connectivity index (χ1v) is 13.3. The van der Waals surface area contributed by atoms with Crippen molar-refractivity contribution < 1.29 is 21.6 Å². The molecule has 176 valence electrons. The number of hydrogen-bond donors (Lipinski definition) is 1. The van der Waals surface area contributed by atoms with Crippen molar-refractivity contribution in [2.24, 2.45) is 7.05 Å². The molecule has 2 aromatic rings. The molecule has 0 atom stereocenters. The Bertz CT molecular complexity index is 1170. The first kappa shape index (κ1) is 24.3. The van der Waals surface area contributed by atoms with Crippen molar-refractivity contribution in [3.05, 3.63) is 36.2 Å². The number of sulfone groups is 1. The van der Waals surface area contributed by atoms with Crippen molar-refractivity contribution in [1.82, 2.24) is 24.4 Å². The van der Waals surface area contributed by atoms with Gasteiger partial charge in [0.05, 0.1) is 16.7 Å². The lowest BCUT2D eigenvalue weighted by Crippen LogP contribution is -2.46. The van der Waals surface area contributed by atoms with Crippen LogP contribution in [-0.4, -0.2) is 67.3 Å². The average Bonchev–Trinajstić information content (AvgIpc) is 3.18. The third kappa shape index (κ3) is 5.18. The molecule has 0 bridgehead atoms. The highest BCUT2D eigenvalue weighted by molar-refractivity contribution is 7.91. The van der Waals surface area contributed by atoms with E-state index < -0.39 is 31.0 Å². The van der Waals surface area contributed by atoms with Gasteiger partial charge in [-0.25, -0.2) is 21.6 Å². The Kier molecular flexibility index (Phi) is 6.78. The summed E-state index contributed by atoms with van der Waals surface area (Å²) in [7, 11) is -5.92. The fourth-order valence-electron chi connectivity index (χ4n) is 3.58. The molecule has 1 fully saturated rings. The highest BCUT2D eigenvalue weighted by atomic mass is 32.2. The molecule has 0 spiro atoms. The molecule has 0 saturated carbocycles. The summed E-state index contributed by atoms with van der Waals surface area (Å²) in [6.45, 7) is 6.18. The molecule has 0 unspecified atom stereocenters. The minimum Gasteiger partial charge on any atom is -0.341 e. The van der Waals surface area contributed by atoms with Crippen LogP contribution in [0.2, 0.25) is 0 Å². The molecule has 1 aliphatic rings. The zero-order valence-corrected chi connectivity index (χ0v) is 20.3. The number of amides is 1. The van der Waals surface area contributed by atoms with Gasteiger partial charge >= 0.3 is 0 Å². The van der Waals surface area contributed by atoms with Crippen molar-refractivity contribution in [1.29, 1.82) is 0 Å². The van der Waals surface area contributed by atoms with Gasteiger partial charge in [0.2, 0.25) is 30.9 Å². The van der Waals surface area contributed by atoms with Crippen LogP contribution in [0.1, 0.15) is 39.2 Å². The van der Waals surface area contributed by atoms with Gasteiger partial charge < -0.3 is 9.47 Å². The highest BCUT2D eigenvalue weighted by Gasteiger charge is 2.35. The lowest BCUT2D eigenvalue weighted by Gasteiger charge is -2.31. The molecule has 32 heavy (non-hydrogen) atoms. The number of hydrogen-bond acceptors (Lipinski definition) is 7. The lowest BCUT2D eigenvalue weighted by atomic mass is 9.87. The van der Waals surface area contributed by atoms with Crippen LogP contribution in [0.4, 0.5) is 0 Å². The van der Waals surface area contributed by atoms with E-state index in [9.17, 15) is 21.6 Å². The third-order valence-electron chi connectivity index (χ3n) is 5.60. The molecule has 1 saturated heterocycles. The summed E-state index contributed by atoms with van der Waals surface area (Å²) in [6.07, 6.45) is 1.83. The molecule has 1 aromatic heterocycles. The number of aryl methyl sites for hydroxylation is 1. The number of rotatable bonds is 6. The smallest absolute Gasteiger partial charge is 0.249 e. The Balaban J connectivity index is 1.56. The van der Waals surface area contributed by atoms with E-state index in [0.717, 1.165) is 5.56 Å². The number of likely N-dealkylation sites (tertiary alicyclic amines) is 1. The number of benzene rings is 1. The Morgan fingerprint density at radius 1 is 1.09 bits per heavy atom. The number of aromatic nitrogens is 3. The monoisotopic (exact) mass is 483 g/mol. The van der Waals surface area contributed by atoms with Gasteiger partial charge in [-0.3, -0.25) is 4.79 Å². The molecule has 2 heterocycles. The van der Waals surface area contributed by atoms with Gasteiger partial charge in [-0.05, 0) is 36.0 Å². The topological polar surface area (TPSA) is 131 Å². The van der Waals surface area contributed by atoms with E-state index in [0.29, 0.717) is 0 Å². The van der Waals surface area contributed by atoms with Crippen molar-refractivity contribution in [3.8, 4) is 0 Å². The van der Waals surface area contributed by atoms with Crippen LogP contribution >= 0.6 is 0 Å². The van der Waals surface area contributed by atoms with Gasteiger partial charge in [0.15, 0.2) is 0 Å². The van der Waals surface area contributed by atoms with E-state index >= 15 is 0 Å². The van der Waals surface area contributed by atoms with Crippen LogP contribution in [0, 0.1) is 0 Å². The average molecular weight is 484 g/mol. The SMILES string of the molecule is Cn1cnnc1S(=O)(=O)C1CCN(C(=O)CNS(=O)(=O)c2ccc(C(C)(C)C)cc2)CC1. The molecular weight excluding hydrogens is 454 g/mol. The largest absolute Gasteiger partial charge is 0.341 e. The predicted molar refractivity (Wildman–Crippen MR) is 118 cm³/mol. The fourth-order valence-corrected chi connectivity index (χ4v) is 6.29. The van der Waals surface area contributed by atoms with Gasteiger partial charge in [-0.1, -0.05) is 32.9 Å². The van der Waals surface area contributed by atoms with Crippen LogP contribution in [0.3, 0.4) is 0 Å². The summed E-state index contributed by atoms with van der Waals surface area (Å²) in [5, 5.41) is 6.56. The summed E-state index contributed by atoms with van der Waals surface area (Å²) in [6, 6.07) is 6.57. The molecule has 1 aromatic carbocycles. The second kappa shape index (κ2) is 8.91. The summed E-state index contributed by atoms with van der Waals surface area (Å²) in [5.41, 5.74) is 0.907. The van der Waals surface area contributed by atoms with Crippen LogP contribution in [0.5, 0.6) is 0 Å². The van der Waals surface area contributed by atoms with E-state index in [1.54, 1.807) is 19.2 Å². The quantitative estimate of drug-likeness (QED) is 0.644. The van der Waals surface area contributed by atoms with E-state index in [2.05, 4.69) is 14.9 Å². The molecule has 10 nitrogen and oxygen atoms in total. The fraction of sp³-hybridized carbons (Fsp3) is 0.550. The van der Waals surface area contributed by atoms with Crippen molar-refractivity contribution in [3.63, 3.8) is 0 Å². The van der Waals surface area contributed by atoms with Crippen LogP contribution < -0.4 is 4.72 Å². The highest BCUT2D eigenvalue weighted by Crippen LogP contribution is 2.24. The van der Waals surface area contributed by atoms with E-state index in [4.69, 9.17) is 0 Å². The van der Waals surface area contributed by atoms with Crippen LogP contribution in [0.15, 0.2) is 40.6 Å². The minimum atomic E-state index is -3.84. The van der Waals surface area contributed by atoms with E-state index in [1.165, 1.54) is 27.9 Å². The van der Waals surface area contributed by atoms with Crippen molar-refractivity contribution in [2.75, 3.05) is 19.6 Å². The molecule has 1 aliphatic heterocycles. The van der Waals surface area contributed by atoms with Gasteiger partial charge in [0, 0.05) is 20.1 Å². The molecule has 1 N–H and O–H groups in total. The summed E-state index contributed by atoms with van der Waals surface area (Å²) >= 11 is 0. The number of carbonyl (C=O) groups excluding carboxylic acids is 1. The second-order valence-electron chi connectivity index (χ2n) is 8.95. The number of nitrogens with one attached hydrogen (secondary N) is 1. The minimum absolute atomic E-state index is 0.0896. The third-order valence-corrected chi connectivity index (χ3v) is 9.25. The Morgan fingerprint density at radius 2 is 1.69 bits per heavy atom. The lowest BCUT2D eigenvalue weighted by molar-refractivity contribution is -0.130. The Labute approximate surface area is 189 Å². The van der Waals surface area contributed by atoms with Crippen LogP contribution in [0.25, 0.3) is 0 Å². The summed E-state index contributed by atoms with van der Waals surface area (Å²) < 4.78 is 54.3. The van der Waals surface area contributed by atoms with Gasteiger partial charge in [-0.15, -0.1) is 10.2 Å². The van der Waals surface area contributed by atoms with E-state index in [-0.39, 0.29) is 47.9 Å². The molecule has 1 amide bonds. The maximum Gasteiger partial charge on any atom is 0.249 e. The first-order chi connectivity index (χ1) is 14.8. The zero-order chi connectivity index (χ0) is 23.7. The number of piperidine rings is 1. The van der Waals surface area contributed by atoms with E-state index in [1.807, 2.05) is 20.8 Å². The standard InChI is InChI=1S/C20H29N5O5S2/c1-20(2,3)15-5-7-17(8-6-15)32(29,30)22-13-18(26)25-11-9-16(10-12-25)31(27,28)19-23-21-14-24(19)4/h5-8,14,16,22H,9-13H2,1-4H3. The molecule has 0 radical (unpaired) electrons. The summed E-state index contributed by atoms with van der Waals surface area (Å²) in [5.74, 6) is -0.394. The second-order valence-corrected chi connectivity index (χ2v) is 12.8. The van der Waals surface area contributed by atoms with Gasteiger partial charge in [0.1, 0.15) is 6.33 Å². The van der Waals surface area contributed by atoms with Crippen molar-refractivity contribution in [2.45, 2.75) is 54.3 Å². The molecule has 0 aliphatic carbocycles. The van der Waals surface area contributed by atoms with Gasteiger partial charge in [-0.2, -0.15) is 0 Å². The predicted octanol–water partition coefficient (Wildman–Crippen LogP) is 0.856. The number of sulfonamides is 1. The zero-order valence-electron chi connectivity index (χ0n) is 18.6. The molecule has 12 heteroatoms. The molecular formula is C20H29N5O5S2. The normalized spacial score (nSPS) is 16.3. The van der Waals surface area contributed by atoms with Crippen LogP contribution in [-0.2, 0) is 37.1 Å². The summed E-state index contributed by atoms with van der Waals surface area (Å²) in [4.78, 5) is 14.1. The van der Waals surface area contributed by atoms with Crippen molar-refractivity contribution >= 4 is 25.8 Å².